The molecule has 1 rings (SSSR count). The highest BCUT2D eigenvalue weighted by Crippen LogP contribution is 2.36. The monoisotopic (exact) mass is 239 g/mol. The third kappa shape index (κ3) is 2.75. The first-order valence-corrected chi connectivity index (χ1v) is 6.15. The molecule has 1 aliphatic rings. The van der Waals surface area contributed by atoms with Gasteiger partial charge in [0.25, 0.3) is 5.54 Å². The van der Waals surface area contributed by atoms with Gasteiger partial charge in [-0.05, 0) is 6.42 Å². The molecule has 2 atom stereocenters. The molecule has 0 N–H and O–H groups in total. The van der Waals surface area contributed by atoms with Crippen LogP contribution in [0.2, 0.25) is 0 Å². The standard InChI is InChI=1S/C13H21NO3/c1-4-6-7-9-12-13(3,14(15)16)11(8-5-2)10-17-12/h5,8,12H,2,4,6-7,9-10H2,1,3H3/b11-8+/t12-,13+/m1/s1. The van der Waals surface area contributed by atoms with Crippen molar-refractivity contribution in [1.29, 1.82) is 0 Å². The molecule has 4 nitrogen and oxygen atoms in total. The number of nitrogens with zero attached hydrogens (tertiary/aromatic N) is 1. The summed E-state index contributed by atoms with van der Waals surface area (Å²) in [6.45, 7) is 7.72. The number of hydrogen-bond donors (Lipinski definition) is 0. The molecule has 1 aliphatic heterocycles. The Kier molecular flexibility index (Phi) is 4.87. The third-order valence-electron chi connectivity index (χ3n) is 3.49. The van der Waals surface area contributed by atoms with Crippen molar-refractivity contribution in [3.05, 3.63) is 34.4 Å². The first-order valence-electron chi connectivity index (χ1n) is 6.15. The van der Waals surface area contributed by atoms with Gasteiger partial charge in [0.2, 0.25) is 0 Å². The summed E-state index contributed by atoms with van der Waals surface area (Å²) in [5, 5.41) is 11.3. The van der Waals surface area contributed by atoms with Gasteiger partial charge in [-0.15, -0.1) is 0 Å². The van der Waals surface area contributed by atoms with Gasteiger partial charge in [0.05, 0.1) is 6.61 Å². The van der Waals surface area contributed by atoms with Gasteiger partial charge in [-0.2, -0.15) is 0 Å². The summed E-state index contributed by atoms with van der Waals surface area (Å²) in [6, 6.07) is 0. The number of hydrogen-bond acceptors (Lipinski definition) is 3. The molecule has 0 amide bonds. The summed E-state index contributed by atoms with van der Waals surface area (Å²) < 4.78 is 5.58. The molecule has 4 heteroatoms. The van der Waals surface area contributed by atoms with Gasteiger partial charge < -0.3 is 4.74 Å². The van der Waals surface area contributed by atoms with Crippen molar-refractivity contribution in [2.75, 3.05) is 6.61 Å². The van der Waals surface area contributed by atoms with Crippen molar-refractivity contribution in [3.63, 3.8) is 0 Å². The zero-order valence-electron chi connectivity index (χ0n) is 10.6. The lowest BCUT2D eigenvalue weighted by atomic mass is 9.86. The summed E-state index contributed by atoms with van der Waals surface area (Å²) in [5.74, 6) is 0. The van der Waals surface area contributed by atoms with Gasteiger partial charge in [-0.1, -0.05) is 44.9 Å². The molecule has 0 unspecified atom stereocenters. The van der Waals surface area contributed by atoms with Crippen LogP contribution in [0.5, 0.6) is 0 Å². The first-order chi connectivity index (χ1) is 8.07. The van der Waals surface area contributed by atoms with E-state index >= 15 is 0 Å². The highest BCUT2D eigenvalue weighted by atomic mass is 16.6. The molecule has 0 radical (unpaired) electrons. The Hall–Kier alpha value is -1.16. The normalized spacial score (nSPS) is 30.7. The van der Waals surface area contributed by atoms with E-state index in [-0.39, 0.29) is 11.0 Å². The lowest BCUT2D eigenvalue weighted by Crippen LogP contribution is -2.44. The molecule has 0 saturated carbocycles. The average molecular weight is 239 g/mol. The molecule has 1 heterocycles. The Labute approximate surface area is 103 Å². The Morgan fingerprint density at radius 2 is 2.35 bits per heavy atom. The van der Waals surface area contributed by atoms with Crippen LogP contribution in [0.15, 0.2) is 24.3 Å². The van der Waals surface area contributed by atoms with E-state index in [9.17, 15) is 10.1 Å². The number of ether oxygens (including phenoxy) is 1. The van der Waals surface area contributed by atoms with Gasteiger partial charge in [-0.25, -0.2) is 0 Å². The van der Waals surface area contributed by atoms with Crippen LogP contribution in [0.25, 0.3) is 0 Å². The second kappa shape index (κ2) is 5.96. The van der Waals surface area contributed by atoms with E-state index in [1.54, 1.807) is 19.1 Å². The molecular weight excluding hydrogens is 218 g/mol. The highest BCUT2D eigenvalue weighted by molar-refractivity contribution is 5.26. The first kappa shape index (κ1) is 13.9. The molecule has 0 spiro atoms. The lowest BCUT2D eigenvalue weighted by Gasteiger charge is -2.22. The van der Waals surface area contributed by atoms with E-state index < -0.39 is 5.54 Å². The number of rotatable bonds is 6. The van der Waals surface area contributed by atoms with Gasteiger partial charge in [0.15, 0.2) is 0 Å². The predicted molar refractivity (Wildman–Crippen MR) is 67.6 cm³/mol. The molecule has 96 valence electrons. The smallest absolute Gasteiger partial charge is 0.268 e. The molecule has 0 bridgehead atoms. The van der Waals surface area contributed by atoms with Crippen LogP contribution in [0.4, 0.5) is 0 Å². The SMILES string of the molecule is C=C/C=C1\CO[C@H](CCCCC)[C@@]1(C)[N+](=O)[O-]. The molecule has 0 aromatic heterocycles. The summed E-state index contributed by atoms with van der Waals surface area (Å²) in [6.07, 6.45) is 6.92. The minimum Gasteiger partial charge on any atom is -0.366 e. The van der Waals surface area contributed by atoms with Crippen molar-refractivity contribution in [1.82, 2.24) is 0 Å². The fourth-order valence-corrected chi connectivity index (χ4v) is 2.24. The van der Waals surface area contributed by atoms with Gasteiger partial charge >= 0.3 is 0 Å². The molecule has 0 aromatic rings. The average Bonchev–Trinajstić information content (AvgIpc) is 2.60. The van der Waals surface area contributed by atoms with Crippen molar-refractivity contribution < 1.29 is 9.66 Å². The van der Waals surface area contributed by atoms with E-state index in [1.165, 1.54) is 0 Å². The second-order valence-electron chi connectivity index (χ2n) is 4.63. The highest BCUT2D eigenvalue weighted by Gasteiger charge is 2.54. The quantitative estimate of drug-likeness (QED) is 0.406. The maximum absolute atomic E-state index is 11.3. The predicted octanol–water partition coefficient (Wildman–Crippen LogP) is 3.11. The van der Waals surface area contributed by atoms with Crippen LogP contribution in [0, 0.1) is 10.1 Å². The van der Waals surface area contributed by atoms with Crippen LogP contribution < -0.4 is 0 Å². The Bertz CT molecular complexity index is 325. The molecule has 1 fully saturated rings. The van der Waals surface area contributed by atoms with Crippen LogP contribution in [-0.2, 0) is 4.74 Å². The zero-order chi connectivity index (χ0) is 12.9. The van der Waals surface area contributed by atoms with Crippen molar-refractivity contribution >= 4 is 0 Å². The topological polar surface area (TPSA) is 52.4 Å². The summed E-state index contributed by atoms with van der Waals surface area (Å²) >= 11 is 0. The zero-order valence-corrected chi connectivity index (χ0v) is 10.6. The molecule has 0 aliphatic carbocycles. The van der Waals surface area contributed by atoms with E-state index in [0.717, 1.165) is 31.3 Å². The van der Waals surface area contributed by atoms with Crippen LogP contribution in [0.1, 0.15) is 39.5 Å². The summed E-state index contributed by atoms with van der Waals surface area (Å²) in [4.78, 5) is 11.1. The van der Waals surface area contributed by atoms with Gasteiger partial charge in [0, 0.05) is 17.4 Å². The minimum atomic E-state index is -1.08. The Morgan fingerprint density at radius 3 is 2.88 bits per heavy atom. The summed E-state index contributed by atoms with van der Waals surface area (Å²) in [5.41, 5.74) is -0.360. The van der Waals surface area contributed by atoms with Crippen molar-refractivity contribution in [2.45, 2.75) is 51.2 Å². The van der Waals surface area contributed by atoms with Gasteiger partial charge in [0.1, 0.15) is 6.10 Å². The van der Waals surface area contributed by atoms with Crippen LogP contribution in [-0.4, -0.2) is 23.2 Å². The Balaban J connectivity index is 2.82. The Morgan fingerprint density at radius 1 is 1.65 bits per heavy atom. The van der Waals surface area contributed by atoms with Crippen LogP contribution in [0.3, 0.4) is 0 Å². The number of nitro groups is 1. The molecule has 17 heavy (non-hydrogen) atoms. The summed E-state index contributed by atoms with van der Waals surface area (Å²) in [7, 11) is 0. The lowest BCUT2D eigenvalue weighted by molar-refractivity contribution is -0.560. The van der Waals surface area contributed by atoms with Gasteiger partial charge in [-0.3, -0.25) is 10.1 Å². The van der Waals surface area contributed by atoms with E-state index in [0.29, 0.717) is 6.61 Å². The van der Waals surface area contributed by atoms with E-state index in [1.807, 2.05) is 0 Å². The number of allylic oxidation sites excluding steroid dienone is 2. The largest absolute Gasteiger partial charge is 0.366 e. The molecule has 0 aromatic carbocycles. The number of unbranched alkanes of at least 4 members (excludes halogenated alkanes) is 2. The second-order valence-corrected chi connectivity index (χ2v) is 4.63. The van der Waals surface area contributed by atoms with E-state index in [2.05, 4.69) is 13.5 Å². The van der Waals surface area contributed by atoms with Crippen molar-refractivity contribution in [3.8, 4) is 0 Å². The maximum atomic E-state index is 11.3. The maximum Gasteiger partial charge on any atom is 0.268 e. The molecular formula is C13H21NO3. The third-order valence-corrected chi connectivity index (χ3v) is 3.49. The van der Waals surface area contributed by atoms with Crippen molar-refractivity contribution in [2.24, 2.45) is 0 Å². The minimum absolute atomic E-state index is 0.216. The fraction of sp³-hybridized carbons (Fsp3) is 0.692. The van der Waals surface area contributed by atoms with E-state index in [4.69, 9.17) is 4.74 Å². The van der Waals surface area contributed by atoms with Crippen LogP contribution >= 0.6 is 0 Å². The fourth-order valence-electron chi connectivity index (χ4n) is 2.24. The molecule has 1 saturated heterocycles.